The van der Waals surface area contributed by atoms with E-state index in [1.807, 2.05) is 18.2 Å². The highest BCUT2D eigenvalue weighted by atomic mass is 35.5. The number of benzene rings is 1. The molecule has 1 amide bonds. The van der Waals surface area contributed by atoms with Gasteiger partial charge in [-0.1, -0.05) is 105 Å². The molecule has 0 radical (unpaired) electrons. The third-order valence-electron chi connectivity index (χ3n) is 9.56. The molecule has 6 nitrogen and oxygen atoms in total. The molecule has 5 rings (SSSR count). The molecule has 3 aliphatic carbocycles. The summed E-state index contributed by atoms with van der Waals surface area (Å²) in [7, 11) is 0. The van der Waals surface area contributed by atoms with E-state index in [-0.39, 0.29) is 11.8 Å². The van der Waals surface area contributed by atoms with Crippen molar-refractivity contribution in [3.8, 4) is 11.3 Å². The lowest BCUT2D eigenvalue weighted by molar-refractivity contribution is -0.123. The Kier molecular flexibility index (Phi) is 10.7. The summed E-state index contributed by atoms with van der Waals surface area (Å²) in [5, 5.41) is 5.75. The van der Waals surface area contributed by atoms with Gasteiger partial charge in [0, 0.05) is 34.2 Å². The van der Waals surface area contributed by atoms with Gasteiger partial charge in [-0.3, -0.25) is 13.7 Å². The zero-order chi connectivity index (χ0) is 28.1. The standard InChI is InChI=1S/C31H42Cl2N2O4S/c32-26-15-6-16-27(33)28(26)29-25(30(39-34-29)23-17-18-23)19-20-7-1-2-9-21(10-3-8-20)22-11-4-13-24(14-5-12-22)31(36)35-40(37)38/h6,15-16,20-24H,1-5,7-14,17-19H2,(H,35,36)(H,37,38)/p-1. The summed E-state index contributed by atoms with van der Waals surface area (Å²) in [6, 6.07) is 5.61. The van der Waals surface area contributed by atoms with Crippen molar-refractivity contribution in [3.63, 3.8) is 0 Å². The highest BCUT2D eigenvalue weighted by Crippen LogP contribution is 2.47. The Morgan fingerprint density at radius 1 is 0.900 bits per heavy atom. The number of aromatic nitrogens is 1. The lowest BCUT2D eigenvalue weighted by Gasteiger charge is -2.30. The Hall–Kier alpha value is -1.41. The molecule has 2 aromatic rings. The first-order chi connectivity index (χ1) is 19.4. The van der Waals surface area contributed by atoms with Crippen LogP contribution in [-0.4, -0.2) is 19.8 Å². The van der Waals surface area contributed by atoms with E-state index >= 15 is 0 Å². The van der Waals surface area contributed by atoms with E-state index in [9.17, 15) is 13.6 Å². The summed E-state index contributed by atoms with van der Waals surface area (Å²) in [4.78, 5) is 12.2. The van der Waals surface area contributed by atoms with E-state index in [0.717, 1.165) is 80.7 Å². The Bertz CT molecular complexity index is 1150. The number of nitrogens with zero attached hydrogens (tertiary/aromatic N) is 1. The first-order valence-electron chi connectivity index (χ1n) is 15.2. The van der Waals surface area contributed by atoms with Crippen molar-refractivity contribution in [3.05, 3.63) is 39.6 Å². The van der Waals surface area contributed by atoms with E-state index in [4.69, 9.17) is 27.7 Å². The molecule has 9 heteroatoms. The van der Waals surface area contributed by atoms with Gasteiger partial charge in [0.05, 0.1) is 10.0 Å². The average molecular weight is 609 g/mol. The van der Waals surface area contributed by atoms with E-state index in [2.05, 4.69) is 9.88 Å². The molecule has 3 aliphatic rings. The lowest BCUT2D eigenvalue weighted by atomic mass is 9.76. The van der Waals surface area contributed by atoms with Gasteiger partial charge in [-0.15, -0.1) is 0 Å². The molecule has 0 spiro atoms. The van der Waals surface area contributed by atoms with Gasteiger partial charge in [0.2, 0.25) is 5.91 Å². The fourth-order valence-corrected chi connectivity index (χ4v) is 8.22. The second-order valence-electron chi connectivity index (χ2n) is 12.3. The zero-order valence-electron chi connectivity index (χ0n) is 23.2. The molecule has 0 saturated heterocycles. The molecular weight excluding hydrogens is 567 g/mol. The van der Waals surface area contributed by atoms with Crippen LogP contribution in [0.25, 0.3) is 11.3 Å². The average Bonchev–Trinajstić information content (AvgIpc) is 3.63. The monoisotopic (exact) mass is 607 g/mol. The molecule has 0 aliphatic heterocycles. The van der Waals surface area contributed by atoms with Crippen molar-refractivity contribution in [2.45, 2.75) is 109 Å². The maximum absolute atomic E-state index is 12.2. The summed E-state index contributed by atoms with van der Waals surface area (Å²) in [5.41, 5.74) is 2.85. The Balaban J connectivity index is 1.20. The number of halogens is 2. The van der Waals surface area contributed by atoms with Gasteiger partial charge in [-0.25, -0.2) is 0 Å². The van der Waals surface area contributed by atoms with Crippen LogP contribution >= 0.6 is 23.2 Å². The van der Waals surface area contributed by atoms with Gasteiger partial charge in [-0.2, -0.15) is 0 Å². The van der Waals surface area contributed by atoms with Crippen molar-refractivity contribution in [1.29, 1.82) is 0 Å². The number of amides is 1. The highest BCUT2D eigenvalue weighted by molar-refractivity contribution is 7.77. The molecule has 3 atom stereocenters. The molecule has 40 heavy (non-hydrogen) atoms. The van der Waals surface area contributed by atoms with Crippen LogP contribution < -0.4 is 4.72 Å². The highest BCUT2D eigenvalue weighted by Gasteiger charge is 2.34. The lowest BCUT2D eigenvalue weighted by Crippen LogP contribution is -2.33. The largest absolute Gasteiger partial charge is 0.755 e. The number of hydrogen-bond donors (Lipinski definition) is 1. The fraction of sp³-hybridized carbons (Fsp3) is 0.677. The maximum Gasteiger partial charge on any atom is 0.233 e. The first kappa shape index (κ1) is 30.1. The van der Waals surface area contributed by atoms with Crippen molar-refractivity contribution in [2.24, 2.45) is 23.7 Å². The molecule has 1 N–H and O–H groups in total. The second-order valence-corrected chi connectivity index (χ2v) is 13.8. The van der Waals surface area contributed by atoms with Gasteiger partial charge in [0.1, 0.15) is 11.5 Å². The molecular formula is C31H41Cl2N2O4S-. The molecule has 0 bridgehead atoms. The van der Waals surface area contributed by atoms with Crippen molar-refractivity contribution in [1.82, 2.24) is 9.88 Å². The summed E-state index contributed by atoms with van der Waals surface area (Å²) in [5.74, 6) is 3.06. The number of rotatable bonds is 7. The third-order valence-corrected chi connectivity index (χ3v) is 10.6. The predicted octanol–water partition coefficient (Wildman–Crippen LogP) is 8.54. The smallest absolute Gasteiger partial charge is 0.233 e. The van der Waals surface area contributed by atoms with E-state index in [0.29, 0.717) is 27.8 Å². The van der Waals surface area contributed by atoms with Gasteiger partial charge < -0.3 is 9.08 Å². The van der Waals surface area contributed by atoms with E-state index in [1.165, 1.54) is 50.5 Å². The molecule has 3 fully saturated rings. The van der Waals surface area contributed by atoms with Crippen LogP contribution in [0.15, 0.2) is 22.7 Å². The van der Waals surface area contributed by atoms with E-state index < -0.39 is 11.3 Å². The molecule has 220 valence electrons. The first-order valence-corrected chi connectivity index (χ1v) is 17.1. The normalized spacial score (nSPS) is 27.5. The minimum absolute atomic E-state index is 0.177. The van der Waals surface area contributed by atoms with Crippen LogP contribution in [-0.2, 0) is 22.5 Å². The molecule has 3 unspecified atom stereocenters. The van der Waals surface area contributed by atoms with Gasteiger partial charge in [0.25, 0.3) is 0 Å². The molecule has 3 saturated carbocycles. The van der Waals surface area contributed by atoms with Crippen LogP contribution in [0.5, 0.6) is 0 Å². The maximum atomic E-state index is 12.2. The van der Waals surface area contributed by atoms with Crippen LogP contribution in [0.4, 0.5) is 0 Å². The second kappa shape index (κ2) is 14.2. The van der Waals surface area contributed by atoms with Crippen LogP contribution in [0.3, 0.4) is 0 Å². The summed E-state index contributed by atoms with van der Waals surface area (Å²) in [6.07, 6.45) is 17.9. The van der Waals surface area contributed by atoms with Crippen LogP contribution in [0.2, 0.25) is 10.0 Å². The number of nitrogens with one attached hydrogen (secondary N) is 1. The summed E-state index contributed by atoms with van der Waals surface area (Å²) in [6.45, 7) is 0. The van der Waals surface area contributed by atoms with Crippen molar-refractivity contribution in [2.75, 3.05) is 0 Å². The third kappa shape index (κ3) is 7.70. The van der Waals surface area contributed by atoms with Crippen LogP contribution in [0, 0.1) is 23.7 Å². The van der Waals surface area contributed by atoms with Crippen molar-refractivity contribution < 1.29 is 18.1 Å². The Morgan fingerprint density at radius 3 is 2.10 bits per heavy atom. The van der Waals surface area contributed by atoms with E-state index in [1.54, 1.807) is 0 Å². The number of carbonyl (C=O) groups is 1. The topological polar surface area (TPSA) is 95.3 Å². The number of hydrogen-bond acceptors (Lipinski definition) is 5. The SMILES string of the molecule is O=C(NS(=O)[O-])C1CCCC(C2CCCCC(Cc3c(-c4c(Cl)cccc4Cl)noc3C3CC3)CCC2)CCC1. The van der Waals surface area contributed by atoms with Gasteiger partial charge in [0.15, 0.2) is 0 Å². The quantitative estimate of drug-likeness (QED) is 0.318. The van der Waals surface area contributed by atoms with Crippen LogP contribution in [0.1, 0.15) is 114 Å². The number of carbonyl (C=O) groups excluding carboxylic acids is 1. The van der Waals surface area contributed by atoms with Gasteiger partial charge in [-0.05, 0) is 62.0 Å². The Morgan fingerprint density at radius 2 is 1.48 bits per heavy atom. The molecule has 1 aromatic heterocycles. The van der Waals surface area contributed by atoms with Gasteiger partial charge >= 0.3 is 0 Å². The zero-order valence-corrected chi connectivity index (χ0v) is 25.5. The summed E-state index contributed by atoms with van der Waals surface area (Å²) < 4.78 is 29.8. The van der Waals surface area contributed by atoms with Crippen molar-refractivity contribution >= 4 is 40.4 Å². The minimum Gasteiger partial charge on any atom is -0.755 e. The predicted molar refractivity (Wildman–Crippen MR) is 159 cm³/mol. The summed E-state index contributed by atoms with van der Waals surface area (Å²) >= 11 is 10.7. The molecule has 1 heterocycles. The fourth-order valence-electron chi connectivity index (χ4n) is 7.31. The molecule has 1 aromatic carbocycles. The Labute approximate surface area is 250 Å². The minimum atomic E-state index is -2.52.